The molecule has 0 radical (unpaired) electrons. The van der Waals surface area contributed by atoms with Gasteiger partial charge in [-0.1, -0.05) is 18.9 Å². The normalized spacial score (nSPS) is 16.4. The molecule has 7 nitrogen and oxygen atoms in total. The Labute approximate surface area is 117 Å². The van der Waals surface area contributed by atoms with E-state index < -0.39 is 23.9 Å². The van der Waals surface area contributed by atoms with Crippen molar-refractivity contribution in [2.24, 2.45) is 5.73 Å². The SMILES string of the molecule is C=CCC(NC(=O)N(CC(N)=O)C1CCCC1)C(=O)O. The van der Waals surface area contributed by atoms with Crippen LogP contribution in [0.2, 0.25) is 0 Å². The van der Waals surface area contributed by atoms with E-state index in [0.717, 1.165) is 25.7 Å². The second-order valence-corrected chi connectivity index (χ2v) is 4.90. The standard InChI is InChI=1S/C13H21N3O4/c1-2-5-10(12(18)19)15-13(20)16(8-11(14)17)9-6-3-4-7-9/h2,9-10H,1,3-8H2,(H2,14,17)(H,15,20)(H,18,19). The molecule has 1 aliphatic rings. The van der Waals surface area contributed by atoms with E-state index in [4.69, 9.17) is 10.8 Å². The van der Waals surface area contributed by atoms with E-state index in [1.165, 1.54) is 11.0 Å². The number of carbonyl (C=O) groups excluding carboxylic acids is 2. The Hall–Kier alpha value is -2.05. The van der Waals surface area contributed by atoms with E-state index in [-0.39, 0.29) is 19.0 Å². The van der Waals surface area contributed by atoms with Crippen molar-refractivity contribution in [1.29, 1.82) is 0 Å². The number of primary amides is 1. The molecule has 0 aliphatic heterocycles. The summed E-state index contributed by atoms with van der Waals surface area (Å²) < 4.78 is 0. The molecule has 1 unspecified atom stereocenters. The molecule has 112 valence electrons. The molecule has 0 bridgehead atoms. The highest BCUT2D eigenvalue weighted by molar-refractivity contribution is 5.86. The highest BCUT2D eigenvalue weighted by Gasteiger charge is 2.30. The Morgan fingerprint density at radius 2 is 2.00 bits per heavy atom. The zero-order chi connectivity index (χ0) is 15.1. The summed E-state index contributed by atoms with van der Waals surface area (Å²) in [4.78, 5) is 35.6. The first-order valence-corrected chi connectivity index (χ1v) is 6.64. The molecule has 0 aromatic carbocycles. The van der Waals surface area contributed by atoms with Crippen LogP contribution in [0.15, 0.2) is 12.7 Å². The number of urea groups is 1. The van der Waals surface area contributed by atoms with Gasteiger partial charge in [0.25, 0.3) is 0 Å². The molecular formula is C13H21N3O4. The molecule has 0 aromatic rings. The number of nitrogens with two attached hydrogens (primary N) is 1. The van der Waals surface area contributed by atoms with E-state index in [9.17, 15) is 14.4 Å². The zero-order valence-corrected chi connectivity index (χ0v) is 11.4. The van der Waals surface area contributed by atoms with Crippen molar-refractivity contribution in [3.8, 4) is 0 Å². The van der Waals surface area contributed by atoms with E-state index in [1.54, 1.807) is 0 Å². The lowest BCUT2D eigenvalue weighted by atomic mass is 10.2. The molecule has 1 rings (SSSR count). The van der Waals surface area contributed by atoms with E-state index >= 15 is 0 Å². The van der Waals surface area contributed by atoms with Gasteiger partial charge in [0, 0.05) is 6.04 Å². The molecule has 20 heavy (non-hydrogen) atoms. The third-order valence-electron chi connectivity index (χ3n) is 3.35. The number of hydrogen-bond donors (Lipinski definition) is 3. The van der Waals surface area contributed by atoms with Crippen LogP contribution >= 0.6 is 0 Å². The lowest BCUT2D eigenvalue weighted by Crippen LogP contribution is -2.53. The van der Waals surface area contributed by atoms with Crippen LogP contribution in [0.1, 0.15) is 32.1 Å². The summed E-state index contributed by atoms with van der Waals surface area (Å²) in [5, 5.41) is 11.4. The molecule has 0 saturated heterocycles. The zero-order valence-electron chi connectivity index (χ0n) is 11.4. The van der Waals surface area contributed by atoms with Crippen LogP contribution in [-0.2, 0) is 9.59 Å². The van der Waals surface area contributed by atoms with E-state index in [1.807, 2.05) is 0 Å². The number of carboxylic acids is 1. The van der Waals surface area contributed by atoms with Gasteiger partial charge in [0.1, 0.15) is 12.6 Å². The van der Waals surface area contributed by atoms with Gasteiger partial charge < -0.3 is 21.1 Å². The Morgan fingerprint density at radius 1 is 1.40 bits per heavy atom. The minimum atomic E-state index is -1.14. The van der Waals surface area contributed by atoms with Crippen molar-refractivity contribution < 1.29 is 19.5 Å². The Kier molecular flexibility index (Phi) is 6.02. The first-order valence-electron chi connectivity index (χ1n) is 6.64. The molecular weight excluding hydrogens is 262 g/mol. The molecule has 0 heterocycles. The first kappa shape index (κ1) is 16.0. The summed E-state index contributed by atoms with van der Waals surface area (Å²) in [5.74, 6) is -1.74. The van der Waals surface area contributed by atoms with Gasteiger partial charge in [0.15, 0.2) is 0 Å². The van der Waals surface area contributed by atoms with Crippen LogP contribution in [0.25, 0.3) is 0 Å². The summed E-state index contributed by atoms with van der Waals surface area (Å²) >= 11 is 0. The highest BCUT2D eigenvalue weighted by Crippen LogP contribution is 2.23. The maximum absolute atomic E-state index is 12.2. The molecule has 0 spiro atoms. The average molecular weight is 283 g/mol. The van der Waals surface area contributed by atoms with Gasteiger partial charge in [-0.15, -0.1) is 6.58 Å². The van der Waals surface area contributed by atoms with Crippen LogP contribution in [-0.4, -0.2) is 46.5 Å². The highest BCUT2D eigenvalue weighted by atomic mass is 16.4. The van der Waals surface area contributed by atoms with Gasteiger partial charge in [-0.3, -0.25) is 4.79 Å². The fourth-order valence-corrected chi connectivity index (χ4v) is 2.37. The predicted molar refractivity (Wildman–Crippen MR) is 72.9 cm³/mol. The van der Waals surface area contributed by atoms with E-state index in [0.29, 0.717) is 0 Å². The average Bonchev–Trinajstić information content (AvgIpc) is 2.88. The number of hydrogen-bond acceptors (Lipinski definition) is 3. The number of carbonyl (C=O) groups is 3. The minimum Gasteiger partial charge on any atom is -0.480 e. The van der Waals surface area contributed by atoms with Crippen molar-refractivity contribution in [3.63, 3.8) is 0 Å². The lowest BCUT2D eigenvalue weighted by molar-refractivity contribution is -0.139. The number of carboxylic acid groups (broad SMARTS) is 1. The fourth-order valence-electron chi connectivity index (χ4n) is 2.37. The molecule has 0 aromatic heterocycles. The van der Waals surface area contributed by atoms with Gasteiger partial charge in [-0.25, -0.2) is 9.59 Å². The van der Waals surface area contributed by atoms with Crippen molar-refractivity contribution in [3.05, 3.63) is 12.7 Å². The largest absolute Gasteiger partial charge is 0.480 e. The number of aliphatic carboxylic acids is 1. The van der Waals surface area contributed by atoms with E-state index in [2.05, 4.69) is 11.9 Å². The van der Waals surface area contributed by atoms with Gasteiger partial charge in [-0.2, -0.15) is 0 Å². The third-order valence-corrected chi connectivity index (χ3v) is 3.35. The van der Waals surface area contributed by atoms with Crippen molar-refractivity contribution in [2.45, 2.75) is 44.2 Å². The molecule has 4 N–H and O–H groups in total. The third kappa shape index (κ3) is 4.56. The van der Waals surface area contributed by atoms with Crippen LogP contribution in [0.3, 0.4) is 0 Å². The Balaban J connectivity index is 2.73. The van der Waals surface area contributed by atoms with Crippen LogP contribution in [0, 0.1) is 0 Å². The molecule has 1 atom stereocenters. The predicted octanol–water partition coefficient (Wildman–Crippen LogP) is 0.455. The fraction of sp³-hybridized carbons (Fsp3) is 0.615. The molecule has 3 amide bonds. The van der Waals surface area contributed by atoms with Crippen molar-refractivity contribution in [2.75, 3.05) is 6.54 Å². The molecule has 1 fully saturated rings. The van der Waals surface area contributed by atoms with Crippen LogP contribution in [0.4, 0.5) is 4.79 Å². The maximum atomic E-state index is 12.2. The Morgan fingerprint density at radius 3 is 2.45 bits per heavy atom. The topological polar surface area (TPSA) is 113 Å². The minimum absolute atomic E-state index is 0.0549. The number of amides is 3. The molecule has 7 heteroatoms. The van der Waals surface area contributed by atoms with Gasteiger partial charge in [0.2, 0.25) is 5.91 Å². The number of rotatable bonds is 7. The second-order valence-electron chi connectivity index (χ2n) is 4.90. The van der Waals surface area contributed by atoms with Gasteiger partial charge in [0.05, 0.1) is 0 Å². The monoisotopic (exact) mass is 283 g/mol. The summed E-state index contributed by atoms with van der Waals surface area (Å²) in [6.45, 7) is 3.26. The quantitative estimate of drug-likeness (QED) is 0.589. The Bertz CT molecular complexity index is 391. The number of nitrogens with zero attached hydrogens (tertiary/aromatic N) is 1. The molecule has 1 aliphatic carbocycles. The van der Waals surface area contributed by atoms with Crippen molar-refractivity contribution in [1.82, 2.24) is 10.2 Å². The van der Waals surface area contributed by atoms with Crippen LogP contribution in [0.5, 0.6) is 0 Å². The number of nitrogens with one attached hydrogen (secondary N) is 1. The molecule has 1 saturated carbocycles. The smallest absolute Gasteiger partial charge is 0.326 e. The van der Waals surface area contributed by atoms with Gasteiger partial charge in [-0.05, 0) is 19.3 Å². The first-order chi connectivity index (χ1) is 9.45. The van der Waals surface area contributed by atoms with Crippen molar-refractivity contribution >= 4 is 17.9 Å². The summed E-state index contributed by atoms with van der Waals surface area (Å²) in [6.07, 6.45) is 5.13. The summed E-state index contributed by atoms with van der Waals surface area (Å²) in [7, 11) is 0. The summed E-state index contributed by atoms with van der Waals surface area (Å²) in [5.41, 5.74) is 5.15. The lowest BCUT2D eigenvalue weighted by Gasteiger charge is -2.29. The second kappa shape index (κ2) is 7.52. The van der Waals surface area contributed by atoms with Crippen LogP contribution < -0.4 is 11.1 Å². The van der Waals surface area contributed by atoms with Gasteiger partial charge >= 0.3 is 12.0 Å². The maximum Gasteiger partial charge on any atom is 0.326 e. The summed E-state index contributed by atoms with van der Waals surface area (Å²) in [6, 6.07) is -1.66.